The van der Waals surface area contributed by atoms with Gasteiger partial charge in [0.25, 0.3) is 5.91 Å². The van der Waals surface area contributed by atoms with Gasteiger partial charge in [-0.15, -0.1) is 22.7 Å². The molecule has 1 N–H and O–H groups in total. The maximum absolute atomic E-state index is 13.4. The third-order valence-electron chi connectivity index (χ3n) is 4.08. The van der Waals surface area contributed by atoms with Crippen molar-refractivity contribution in [2.75, 3.05) is 6.54 Å². The second kappa shape index (κ2) is 7.73. The number of benzene rings is 1. The molecule has 1 aromatic carbocycles. The van der Waals surface area contributed by atoms with E-state index in [9.17, 15) is 13.2 Å². The first-order valence-electron chi connectivity index (χ1n) is 8.06. The average molecular weight is 406 g/mol. The minimum atomic E-state index is -3.64. The number of carbonyl (C=O) groups is 1. The molecule has 0 spiro atoms. The average Bonchev–Trinajstić information content (AvgIpc) is 3.30. The lowest BCUT2D eigenvalue weighted by atomic mass is 10.2. The summed E-state index contributed by atoms with van der Waals surface area (Å²) in [7, 11) is -3.64. The molecule has 0 radical (unpaired) electrons. The molecule has 0 unspecified atom stereocenters. The van der Waals surface area contributed by atoms with Crippen LogP contribution in [-0.2, 0) is 9.84 Å². The highest BCUT2D eigenvalue weighted by atomic mass is 32.2. The highest BCUT2D eigenvalue weighted by Gasteiger charge is 2.31. The van der Waals surface area contributed by atoms with Crippen LogP contribution in [0.2, 0.25) is 0 Å². The smallest absolute Gasteiger partial charge is 0.261 e. The van der Waals surface area contributed by atoms with E-state index in [-0.39, 0.29) is 12.5 Å². The van der Waals surface area contributed by atoms with Crippen molar-refractivity contribution < 1.29 is 13.2 Å². The molecule has 26 heavy (non-hydrogen) atoms. The summed E-state index contributed by atoms with van der Waals surface area (Å²) in [4.78, 5) is 13.9. The van der Waals surface area contributed by atoms with Gasteiger partial charge in [-0.25, -0.2) is 8.42 Å². The first kappa shape index (κ1) is 18.8. The molecule has 4 nitrogen and oxygen atoms in total. The van der Waals surface area contributed by atoms with Gasteiger partial charge in [-0.05, 0) is 53.9 Å². The van der Waals surface area contributed by atoms with E-state index >= 15 is 0 Å². The van der Waals surface area contributed by atoms with Crippen molar-refractivity contribution >= 4 is 38.4 Å². The van der Waals surface area contributed by atoms with E-state index in [0.717, 1.165) is 10.4 Å². The standard InChI is InChI=1S/C19H19NO3S3/c1-13-7-8-14(2)17(11-13)26(22,23)18(15-5-3-9-24-15)12-20-19(21)16-6-4-10-25-16/h3-11,18H,12H2,1-2H3,(H,20,21)/t18-/m1/s1. The van der Waals surface area contributed by atoms with Gasteiger partial charge < -0.3 is 5.32 Å². The van der Waals surface area contributed by atoms with E-state index in [1.54, 1.807) is 31.2 Å². The normalized spacial score (nSPS) is 12.7. The van der Waals surface area contributed by atoms with Crippen LogP contribution >= 0.6 is 22.7 Å². The summed E-state index contributed by atoms with van der Waals surface area (Å²) in [5.74, 6) is -0.252. The fourth-order valence-corrected chi connectivity index (χ4v) is 6.44. The number of aryl methyl sites for hydroxylation is 2. The Morgan fingerprint density at radius 3 is 2.46 bits per heavy atom. The van der Waals surface area contributed by atoms with Gasteiger partial charge in [-0.1, -0.05) is 24.3 Å². The molecule has 0 aliphatic heterocycles. The fraction of sp³-hybridized carbons (Fsp3) is 0.211. The van der Waals surface area contributed by atoms with Crippen LogP contribution in [0.3, 0.4) is 0 Å². The van der Waals surface area contributed by atoms with Crippen molar-refractivity contribution in [3.05, 3.63) is 74.1 Å². The fourth-order valence-electron chi connectivity index (χ4n) is 2.69. The summed E-state index contributed by atoms with van der Waals surface area (Å²) >= 11 is 2.71. The van der Waals surface area contributed by atoms with Crippen LogP contribution in [0, 0.1) is 13.8 Å². The molecule has 3 aromatic rings. The number of sulfone groups is 1. The van der Waals surface area contributed by atoms with Crippen molar-refractivity contribution in [3.63, 3.8) is 0 Å². The zero-order chi connectivity index (χ0) is 18.7. The topological polar surface area (TPSA) is 63.2 Å². The Morgan fingerprint density at radius 2 is 1.81 bits per heavy atom. The SMILES string of the molecule is Cc1ccc(C)c(S(=O)(=O)[C@H](CNC(=O)c2cccs2)c2cccs2)c1. The largest absolute Gasteiger partial charge is 0.350 e. The van der Waals surface area contributed by atoms with Crippen LogP contribution in [0.25, 0.3) is 0 Å². The molecule has 0 aliphatic carbocycles. The highest BCUT2D eigenvalue weighted by molar-refractivity contribution is 7.92. The maximum atomic E-state index is 13.4. The first-order valence-corrected chi connectivity index (χ1v) is 11.4. The van der Waals surface area contributed by atoms with Gasteiger partial charge in [0, 0.05) is 11.4 Å². The Kier molecular flexibility index (Phi) is 5.60. The zero-order valence-corrected chi connectivity index (χ0v) is 16.9. The zero-order valence-electron chi connectivity index (χ0n) is 14.4. The van der Waals surface area contributed by atoms with E-state index in [0.29, 0.717) is 15.3 Å². The monoisotopic (exact) mass is 405 g/mol. The summed E-state index contributed by atoms with van der Waals surface area (Å²) in [6.45, 7) is 3.70. The number of hydrogen-bond acceptors (Lipinski definition) is 5. The van der Waals surface area contributed by atoms with Crippen molar-refractivity contribution in [2.24, 2.45) is 0 Å². The molecule has 1 amide bonds. The molecule has 0 saturated heterocycles. The molecule has 136 valence electrons. The van der Waals surface area contributed by atoms with Crippen molar-refractivity contribution in [3.8, 4) is 0 Å². The van der Waals surface area contributed by atoms with Crippen LogP contribution in [0.4, 0.5) is 0 Å². The van der Waals surface area contributed by atoms with Crippen LogP contribution in [0.15, 0.2) is 58.1 Å². The minimum Gasteiger partial charge on any atom is -0.350 e. The lowest BCUT2D eigenvalue weighted by molar-refractivity contribution is 0.0958. The summed E-state index contributed by atoms with van der Waals surface area (Å²) < 4.78 is 26.7. The predicted molar refractivity (Wildman–Crippen MR) is 107 cm³/mol. The number of nitrogens with one attached hydrogen (secondary N) is 1. The molecular formula is C19H19NO3S3. The highest BCUT2D eigenvalue weighted by Crippen LogP contribution is 2.33. The van der Waals surface area contributed by atoms with Gasteiger partial charge in [-0.3, -0.25) is 4.79 Å². The van der Waals surface area contributed by atoms with Gasteiger partial charge in [0.2, 0.25) is 0 Å². The summed E-state index contributed by atoms with van der Waals surface area (Å²) in [6.07, 6.45) is 0. The van der Waals surface area contributed by atoms with Gasteiger partial charge in [0.15, 0.2) is 9.84 Å². The van der Waals surface area contributed by atoms with E-state index in [4.69, 9.17) is 0 Å². The maximum Gasteiger partial charge on any atom is 0.261 e. The second-order valence-electron chi connectivity index (χ2n) is 6.01. The lowest BCUT2D eigenvalue weighted by Gasteiger charge is -2.19. The van der Waals surface area contributed by atoms with Crippen molar-refractivity contribution in [2.45, 2.75) is 24.0 Å². The number of thiophene rings is 2. The number of amides is 1. The van der Waals surface area contributed by atoms with Gasteiger partial charge >= 0.3 is 0 Å². The Morgan fingerprint density at radius 1 is 1.08 bits per heavy atom. The molecule has 1 atom stereocenters. The summed E-state index contributed by atoms with van der Waals surface area (Å²) in [5.41, 5.74) is 1.60. The Hall–Kier alpha value is -1.96. The second-order valence-corrected chi connectivity index (χ2v) is 10.0. The Labute approximate surface area is 161 Å². The summed E-state index contributed by atoms with van der Waals surface area (Å²) in [5, 5.41) is 5.64. The van der Waals surface area contributed by atoms with E-state index in [1.165, 1.54) is 22.7 Å². The van der Waals surface area contributed by atoms with Gasteiger partial charge in [0.1, 0.15) is 5.25 Å². The summed E-state index contributed by atoms with van der Waals surface area (Å²) in [6, 6.07) is 12.6. The molecule has 0 fully saturated rings. The van der Waals surface area contributed by atoms with Crippen LogP contribution < -0.4 is 5.32 Å². The van der Waals surface area contributed by atoms with Crippen LogP contribution in [-0.4, -0.2) is 20.9 Å². The quantitative estimate of drug-likeness (QED) is 0.662. The van der Waals surface area contributed by atoms with Crippen LogP contribution in [0.5, 0.6) is 0 Å². The Balaban J connectivity index is 1.93. The molecule has 2 heterocycles. The molecule has 0 saturated carbocycles. The molecular weight excluding hydrogens is 386 g/mol. The van der Waals surface area contributed by atoms with Crippen LogP contribution in [0.1, 0.15) is 30.9 Å². The molecule has 3 rings (SSSR count). The minimum absolute atomic E-state index is 0.0347. The third kappa shape index (κ3) is 3.90. The number of hydrogen-bond donors (Lipinski definition) is 1. The van der Waals surface area contributed by atoms with E-state index < -0.39 is 15.1 Å². The number of carbonyl (C=O) groups excluding carboxylic acids is 1. The van der Waals surface area contributed by atoms with Crippen molar-refractivity contribution in [1.29, 1.82) is 0 Å². The molecule has 0 bridgehead atoms. The van der Waals surface area contributed by atoms with Gasteiger partial charge in [0.05, 0.1) is 9.77 Å². The predicted octanol–water partition coefficient (Wildman–Crippen LogP) is 4.37. The third-order valence-corrected chi connectivity index (χ3v) is 8.30. The van der Waals surface area contributed by atoms with Crippen molar-refractivity contribution in [1.82, 2.24) is 5.32 Å². The van der Waals surface area contributed by atoms with E-state index in [2.05, 4.69) is 5.32 Å². The molecule has 2 aromatic heterocycles. The first-order chi connectivity index (χ1) is 12.4. The molecule has 7 heteroatoms. The number of rotatable bonds is 6. The van der Waals surface area contributed by atoms with Gasteiger partial charge in [-0.2, -0.15) is 0 Å². The molecule has 0 aliphatic rings. The Bertz CT molecular complexity index is 991. The van der Waals surface area contributed by atoms with E-state index in [1.807, 2.05) is 35.9 Å². The lowest BCUT2D eigenvalue weighted by Crippen LogP contribution is -2.31.